The molecule has 0 heterocycles. The maximum atomic E-state index is 2.46. The van der Waals surface area contributed by atoms with Crippen LogP contribution in [0.4, 0.5) is 0 Å². The number of allylic oxidation sites excluding steroid dienone is 4. The summed E-state index contributed by atoms with van der Waals surface area (Å²) in [7, 11) is 0. The highest BCUT2D eigenvalue weighted by Crippen LogP contribution is 2.39. The van der Waals surface area contributed by atoms with Gasteiger partial charge in [-0.3, -0.25) is 0 Å². The van der Waals surface area contributed by atoms with Gasteiger partial charge in [0.05, 0.1) is 0 Å². The number of hydrogen-bond donors (Lipinski definition) is 0. The van der Waals surface area contributed by atoms with Gasteiger partial charge >= 0.3 is 0 Å². The molecule has 2 saturated carbocycles. The van der Waals surface area contributed by atoms with Crippen LogP contribution in [-0.2, 0) is 0 Å². The molecule has 0 aliphatic heterocycles. The molecule has 2 aliphatic rings. The normalized spacial score (nSPS) is 24.1. The van der Waals surface area contributed by atoms with Crippen LogP contribution in [0.5, 0.6) is 0 Å². The summed E-state index contributed by atoms with van der Waals surface area (Å²) in [5, 5.41) is 0. The molecule has 0 radical (unpaired) electrons. The Morgan fingerprint density at radius 2 is 1.24 bits per heavy atom. The van der Waals surface area contributed by atoms with E-state index in [1.54, 1.807) is 0 Å². The van der Waals surface area contributed by atoms with Gasteiger partial charge in [0.1, 0.15) is 0 Å². The van der Waals surface area contributed by atoms with E-state index < -0.39 is 0 Å². The van der Waals surface area contributed by atoms with E-state index in [1.807, 2.05) is 5.57 Å². The van der Waals surface area contributed by atoms with Crippen molar-refractivity contribution >= 4 is 0 Å². The molecule has 0 amide bonds. The summed E-state index contributed by atoms with van der Waals surface area (Å²) in [5.74, 6) is 1.84. The van der Waals surface area contributed by atoms with E-state index in [0.29, 0.717) is 0 Å². The molecule has 0 spiro atoms. The number of rotatable bonds is 3. The zero-order valence-electron chi connectivity index (χ0n) is 11.5. The highest BCUT2D eigenvalue weighted by molar-refractivity contribution is 5.19. The van der Waals surface area contributed by atoms with E-state index in [2.05, 4.69) is 25.2 Å². The van der Waals surface area contributed by atoms with Crippen LogP contribution in [0.15, 0.2) is 23.8 Å². The fourth-order valence-corrected chi connectivity index (χ4v) is 3.68. The van der Waals surface area contributed by atoms with Gasteiger partial charge in [0.25, 0.3) is 0 Å². The zero-order chi connectivity index (χ0) is 11.9. The second-order valence-corrected chi connectivity index (χ2v) is 5.86. The lowest BCUT2D eigenvalue weighted by Gasteiger charge is -2.32. The molecule has 17 heavy (non-hydrogen) atoms. The third-order valence-corrected chi connectivity index (χ3v) is 4.63. The Labute approximate surface area is 107 Å². The molecule has 0 N–H and O–H groups in total. The van der Waals surface area contributed by atoms with Gasteiger partial charge in [-0.15, -0.1) is 0 Å². The third kappa shape index (κ3) is 3.72. The average molecular weight is 232 g/mol. The molecule has 0 aromatic rings. The Balaban J connectivity index is 2.05. The molecular formula is C17H28. The minimum atomic E-state index is 0.919. The summed E-state index contributed by atoms with van der Waals surface area (Å²) < 4.78 is 0. The highest BCUT2D eigenvalue weighted by atomic mass is 14.3. The summed E-state index contributed by atoms with van der Waals surface area (Å²) in [4.78, 5) is 0. The van der Waals surface area contributed by atoms with Crippen molar-refractivity contribution < 1.29 is 0 Å². The summed E-state index contributed by atoms with van der Waals surface area (Å²) in [6.07, 6.45) is 21.6. The Morgan fingerprint density at radius 1 is 0.765 bits per heavy atom. The topological polar surface area (TPSA) is 0 Å². The van der Waals surface area contributed by atoms with E-state index in [1.165, 1.54) is 64.2 Å². The van der Waals surface area contributed by atoms with Crippen molar-refractivity contribution in [3.05, 3.63) is 23.8 Å². The molecule has 0 saturated heterocycles. The van der Waals surface area contributed by atoms with Crippen molar-refractivity contribution in [2.24, 2.45) is 11.8 Å². The van der Waals surface area contributed by atoms with Gasteiger partial charge in [-0.2, -0.15) is 0 Å². The van der Waals surface area contributed by atoms with Gasteiger partial charge in [-0.05, 0) is 44.4 Å². The predicted octanol–water partition coefficient (Wildman–Crippen LogP) is 5.65. The molecule has 0 aromatic heterocycles. The lowest BCUT2D eigenvalue weighted by molar-refractivity contribution is 0.326. The van der Waals surface area contributed by atoms with Gasteiger partial charge < -0.3 is 0 Å². The molecule has 0 heteroatoms. The fourth-order valence-electron chi connectivity index (χ4n) is 3.68. The van der Waals surface area contributed by atoms with Gasteiger partial charge in [0, 0.05) is 0 Å². The van der Waals surface area contributed by atoms with Crippen LogP contribution in [0, 0.1) is 11.8 Å². The number of hydrogen-bond acceptors (Lipinski definition) is 0. The van der Waals surface area contributed by atoms with Crippen molar-refractivity contribution in [1.29, 1.82) is 0 Å². The Hall–Kier alpha value is -0.520. The first-order valence-electron chi connectivity index (χ1n) is 7.74. The van der Waals surface area contributed by atoms with Crippen molar-refractivity contribution in [1.82, 2.24) is 0 Å². The molecule has 0 aromatic carbocycles. The fraction of sp³-hybridized carbons (Fsp3) is 0.765. The highest BCUT2D eigenvalue weighted by Gasteiger charge is 2.25. The van der Waals surface area contributed by atoms with Crippen molar-refractivity contribution in [2.45, 2.75) is 71.1 Å². The SMILES string of the molecule is CC=CC=C(C1CCCCC1)C1CCCCC1. The van der Waals surface area contributed by atoms with Crippen LogP contribution in [0.25, 0.3) is 0 Å². The van der Waals surface area contributed by atoms with E-state index >= 15 is 0 Å². The molecule has 2 rings (SSSR count). The quantitative estimate of drug-likeness (QED) is 0.552. The van der Waals surface area contributed by atoms with Crippen molar-refractivity contribution in [2.75, 3.05) is 0 Å². The van der Waals surface area contributed by atoms with E-state index in [-0.39, 0.29) is 0 Å². The second-order valence-electron chi connectivity index (χ2n) is 5.86. The zero-order valence-corrected chi connectivity index (χ0v) is 11.5. The average Bonchev–Trinajstić information content (AvgIpc) is 2.42. The molecule has 0 bridgehead atoms. The first-order chi connectivity index (χ1) is 8.42. The van der Waals surface area contributed by atoms with E-state index in [9.17, 15) is 0 Å². The van der Waals surface area contributed by atoms with E-state index in [4.69, 9.17) is 0 Å². The summed E-state index contributed by atoms with van der Waals surface area (Å²) in [5.41, 5.74) is 1.81. The Kier molecular flexibility index (Phi) is 5.35. The smallest absolute Gasteiger partial charge is 0.0197 e. The lowest BCUT2D eigenvalue weighted by Crippen LogP contribution is -2.18. The second kappa shape index (κ2) is 7.03. The third-order valence-electron chi connectivity index (χ3n) is 4.63. The van der Waals surface area contributed by atoms with Crippen molar-refractivity contribution in [3.63, 3.8) is 0 Å². The van der Waals surface area contributed by atoms with Crippen LogP contribution in [0.1, 0.15) is 71.1 Å². The molecule has 2 fully saturated rings. The summed E-state index contributed by atoms with van der Waals surface area (Å²) in [6, 6.07) is 0. The van der Waals surface area contributed by atoms with Crippen LogP contribution in [0.2, 0.25) is 0 Å². The minimum Gasteiger partial charge on any atom is -0.0877 e. The Bertz CT molecular complexity index is 240. The molecule has 0 atom stereocenters. The van der Waals surface area contributed by atoms with Gasteiger partial charge in [0.15, 0.2) is 0 Å². The Morgan fingerprint density at radius 3 is 1.65 bits per heavy atom. The maximum Gasteiger partial charge on any atom is -0.0197 e. The molecule has 0 nitrogen and oxygen atoms in total. The van der Waals surface area contributed by atoms with Gasteiger partial charge in [-0.1, -0.05) is 62.3 Å². The largest absolute Gasteiger partial charge is 0.0877 e. The van der Waals surface area contributed by atoms with E-state index in [0.717, 1.165) is 11.8 Å². The van der Waals surface area contributed by atoms with Crippen LogP contribution in [0.3, 0.4) is 0 Å². The molecule has 2 aliphatic carbocycles. The molecule has 96 valence electrons. The minimum absolute atomic E-state index is 0.919. The summed E-state index contributed by atoms with van der Waals surface area (Å²) >= 11 is 0. The first-order valence-corrected chi connectivity index (χ1v) is 7.74. The predicted molar refractivity (Wildman–Crippen MR) is 76.0 cm³/mol. The first kappa shape index (κ1) is 12.9. The van der Waals surface area contributed by atoms with Crippen LogP contribution in [-0.4, -0.2) is 0 Å². The molecule has 0 unspecified atom stereocenters. The summed E-state index contributed by atoms with van der Waals surface area (Å²) in [6.45, 7) is 2.13. The van der Waals surface area contributed by atoms with Crippen molar-refractivity contribution in [3.8, 4) is 0 Å². The van der Waals surface area contributed by atoms with Crippen LogP contribution >= 0.6 is 0 Å². The maximum absolute atomic E-state index is 2.46. The molecular weight excluding hydrogens is 204 g/mol. The van der Waals surface area contributed by atoms with Crippen LogP contribution < -0.4 is 0 Å². The van der Waals surface area contributed by atoms with Gasteiger partial charge in [0.2, 0.25) is 0 Å². The lowest BCUT2D eigenvalue weighted by atomic mass is 9.73. The standard InChI is InChI=1S/C17H28/c1-2-3-14-17(15-10-6-4-7-11-15)16-12-8-5-9-13-16/h2-3,14-16H,4-13H2,1H3. The monoisotopic (exact) mass is 232 g/mol. The van der Waals surface area contributed by atoms with Gasteiger partial charge in [-0.25, -0.2) is 0 Å².